The Morgan fingerprint density at radius 3 is 2.50 bits per heavy atom. The molecule has 1 aliphatic rings. The van der Waals surface area contributed by atoms with Crippen LogP contribution in [0.5, 0.6) is 0 Å². The number of nitrogens with one attached hydrogen (secondary N) is 1. The summed E-state index contributed by atoms with van der Waals surface area (Å²) in [6.45, 7) is 11.7. The van der Waals surface area contributed by atoms with Crippen LogP contribution >= 0.6 is 0 Å². The Hall–Kier alpha value is -0.570. The van der Waals surface area contributed by atoms with Crippen molar-refractivity contribution in [2.45, 2.75) is 66.1 Å². The number of carbonyl (C=O) groups is 1. The van der Waals surface area contributed by atoms with Gasteiger partial charge in [-0.2, -0.15) is 0 Å². The van der Waals surface area contributed by atoms with E-state index in [1.54, 1.807) is 0 Å². The number of hydrogen-bond donors (Lipinski definition) is 1. The number of nitrogens with zero attached hydrogens (tertiary/aromatic N) is 1. The van der Waals surface area contributed by atoms with Gasteiger partial charge < -0.3 is 4.90 Å². The highest BCUT2D eigenvalue weighted by molar-refractivity contribution is 5.83. The van der Waals surface area contributed by atoms with Gasteiger partial charge in [-0.1, -0.05) is 34.1 Å². The van der Waals surface area contributed by atoms with Gasteiger partial charge in [0.2, 0.25) is 5.91 Å². The summed E-state index contributed by atoms with van der Waals surface area (Å²) in [5, 5.41) is 3.37. The van der Waals surface area contributed by atoms with Gasteiger partial charge in [0.1, 0.15) is 0 Å². The van der Waals surface area contributed by atoms with Crippen LogP contribution in [-0.4, -0.2) is 29.6 Å². The van der Waals surface area contributed by atoms with Crippen molar-refractivity contribution in [2.75, 3.05) is 6.54 Å². The zero-order chi connectivity index (χ0) is 12.3. The van der Waals surface area contributed by atoms with E-state index >= 15 is 0 Å². The summed E-state index contributed by atoms with van der Waals surface area (Å²) in [6.07, 6.45) is 3.49. The van der Waals surface area contributed by atoms with Crippen LogP contribution in [0.25, 0.3) is 0 Å². The van der Waals surface area contributed by atoms with Crippen molar-refractivity contribution >= 4 is 5.91 Å². The molecule has 1 N–H and O–H groups in total. The molecule has 1 heterocycles. The van der Waals surface area contributed by atoms with E-state index in [9.17, 15) is 4.79 Å². The van der Waals surface area contributed by atoms with E-state index in [1.807, 2.05) is 11.8 Å². The van der Waals surface area contributed by atoms with Crippen LogP contribution in [0.2, 0.25) is 0 Å². The van der Waals surface area contributed by atoms with Gasteiger partial charge in [-0.05, 0) is 25.2 Å². The quantitative estimate of drug-likeness (QED) is 0.798. The lowest BCUT2D eigenvalue weighted by molar-refractivity contribution is -0.130. The second-order valence-corrected chi connectivity index (χ2v) is 6.04. The van der Waals surface area contributed by atoms with Gasteiger partial charge >= 0.3 is 0 Å². The fourth-order valence-electron chi connectivity index (χ4n) is 2.09. The third-order valence-electron chi connectivity index (χ3n) is 3.14. The van der Waals surface area contributed by atoms with Gasteiger partial charge in [-0.3, -0.25) is 10.1 Å². The molecule has 1 rings (SSSR count). The summed E-state index contributed by atoms with van der Waals surface area (Å²) in [7, 11) is 0. The van der Waals surface area contributed by atoms with Crippen LogP contribution in [0.1, 0.15) is 53.9 Å². The zero-order valence-electron chi connectivity index (χ0n) is 11.3. The summed E-state index contributed by atoms with van der Waals surface area (Å²) in [4.78, 5) is 14.0. The predicted octanol–water partition coefficient (Wildman–Crippen LogP) is 2.37. The molecule has 0 aromatic carbocycles. The molecule has 3 nitrogen and oxygen atoms in total. The summed E-state index contributed by atoms with van der Waals surface area (Å²) in [5.41, 5.74) is 0.295. The summed E-state index contributed by atoms with van der Waals surface area (Å²) in [6, 6.07) is -0.00322. The molecule has 0 spiro atoms. The van der Waals surface area contributed by atoms with Crippen LogP contribution in [0, 0.1) is 5.41 Å². The molecular formula is C13H26N2O. The van der Waals surface area contributed by atoms with Gasteiger partial charge in [-0.25, -0.2) is 0 Å². The average Bonchev–Trinajstić information content (AvgIpc) is 2.40. The van der Waals surface area contributed by atoms with E-state index in [-0.39, 0.29) is 18.1 Å². The fraction of sp³-hybridized carbons (Fsp3) is 0.923. The molecule has 0 aromatic heterocycles. The zero-order valence-corrected chi connectivity index (χ0v) is 11.3. The Morgan fingerprint density at radius 1 is 1.38 bits per heavy atom. The minimum atomic E-state index is -0.00322. The lowest BCUT2D eigenvalue weighted by Crippen LogP contribution is -2.39. The second kappa shape index (κ2) is 5.17. The molecule has 0 aromatic rings. The number of hydrogen-bond acceptors (Lipinski definition) is 2. The van der Waals surface area contributed by atoms with Crippen LogP contribution in [0.15, 0.2) is 0 Å². The van der Waals surface area contributed by atoms with Crippen molar-refractivity contribution in [3.63, 3.8) is 0 Å². The van der Waals surface area contributed by atoms with Crippen LogP contribution in [0.3, 0.4) is 0 Å². The van der Waals surface area contributed by atoms with Gasteiger partial charge in [0.25, 0.3) is 0 Å². The average molecular weight is 226 g/mol. The molecule has 1 fully saturated rings. The molecule has 3 heteroatoms. The maximum Gasteiger partial charge on any atom is 0.240 e. The molecule has 0 radical (unpaired) electrons. The molecule has 0 aliphatic carbocycles. The van der Waals surface area contributed by atoms with E-state index in [4.69, 9.17) is 0 Å². The van der Waals surface area contributed by atoms with Crippen molar-refractivity contribution in [1.82, 2.24) is 10.2 Å². The van der Waals surface area contributed by atoms with Gasteiger partial charge in [0.05, 0.1) is 12.2 Å². The van der Waals surface area contributed by atoms with Crippen LogP contribution < -0.4 is 5.32 Å². The first kappa shape index (κ1) is 13.5. The molecule has 94 valence electrons. The standard InChI is InChI=1S/C13H26N2O/c1-6-7-11-14-10(2)12(16)15(11)9-8-13(3,4)5/h10-11,14H,6-9H2,1-5H3. The third-order valence-corrected chi connectivity index (χ3v) is 3.14. The summed E-state index contributed by atoms with van der Waals surface area (Å²) < 4.78 is 0. The third kappa shape index (κ3) is 3.48. The minimum absolute atomic E-state index is 0.00322. The number of rotatable bonds is 4. The summed E-state index contributed by atoms with van der Waals surface area (Å²) in [5.74, 6) is 0.266. The van der Waals surface area contributed by atoms with E-state index < -0.39 is 0 Å². The Balaban J connectivity index is 2.56. The maximum absolute atomic E-state index is 12.0. The highest BCUT2D eigenvalue weighted by Crippen LogP contribution is 2.22. The van der Waals surface area contributed by atoms with E-state index in [0.29, 0.717) is 5.41 Å². The SMILES string of the molecule is CCCC1NC(C)C(=O)N1CCC(C)(C)C. The molecule has 1 amide bonds. The lowest BCUT2D eigenvalue weighted by atomic mass is 9.92. The molecular weight excluding hydrogens is 200 g/mol. The van der Waals surface area contributed by atoms with Crippen molar-refractivity contribution in [3.05, 3.63) is 0 Å². The Kier molecular flexibility index (Phi) is 4.36. The Morgan fingerprint density at radius 2 is 2.00 bits per heavy atom. The van der Waals surface area contributed by atoms with Crippen molar-refractivity contribution in [2.24, 2.45) is 5.41 Å². The van der Waals surface area contributed by atoms with Crippen molar-refractivity contribution in [1.29, 1.82) is 0 Å². The predicted molar refractivity (Wildman–Crippen MR) is 67.1 cm³/mol. The van der Waals surface area contributed by atoms with Gasteiger partial charge in [0, 0.05) is 6.54 Å². The fourth-order valence-corrected chi connectivity index (χ4v) is 2.09. The first-order valence-corrected chi connectivity index (χ1v) is 6.41. The number of carbonyl (C=O) groups excluding carboxylic acids is 1. The van der Waals surface area contributed by atoms with Gasteiger partial charge in [0.15, 0.2) is 0 Å². The number of amides is 1. The highest BCUT2D eigenvalue weighted by Gasteiger charge is 2.35. The summed E-state index contributed by atoms with van der Waals surface area (Å²) >= 11 is 0. The van der Waals surface area contributed by atoms with Crippen molar-refractivity contribution < 1.29 is 4.79 Å². The maximum atomic E-state index is 12.0. The minimum Gasteiger partial charge on any atom is -0.326 e. The van der Waals surface area contributed by atoms with E-state index in [2.05, 4.69) is 33.0 Å². The van der Waals surface area contributed by atoms with Crippen LogP contribution in [-0.2, 0) is 4.79 Å². The molecule has 2 atom stereocenters. The lowest BCUT2D eigenvalue weighted by Gasteiger charge is -2.27. The van der Waals surface area contributed by atoms with Crippen LogP contribution in [0.4, 0.5) is 0 Å². The molecule has 0 saturated carbocycles. The first-order chi connectivity index (χ1) is 7.35. The Bertz CT molecular complexity index is 245. The first-order valence-electron chi connectivity index (χ1n) is 6.41. The van der Waals surface area contributed by atoms with E-state index in [1.165, 1.54) is 0 Å². The Labute approximate surface area is 99.6 Å². The highest BCUT2D eigenvalue weighted by atomic mass is 16.2. The molecule has 1 saturated heterocycles. The van der Waals surface area contributed by atoms with E-state index in [0.717, 1.165) is 25.8 Å². The molecule has 0 bridgehead atoms. The molecule has 1 aliphatic heterocycles. The monoisotopic (exact) mass is 226 g/mol. The largest absolute Gasteiger partial charge is 0.326 e. The molecule has 2 unspecified atom stereocenters. The topological polar surface area (TPSA) is 32.3 Å². The second-order valence-electron chi connectivity index (χ2n) is 6.04. The molecule has 16 heavy (non-hydrogen) atoms. The van der Waals surface area contributed by atoms with Crippen molar-refractivity contribution in [3.8, 4) is 0 Å². The normalized spacial score (nSPS) is 26.6. The smallest absolute Gasteiger partial charge is 0.240 e. The van der Waals surface area contributed by atoms with Gasteiger partial charge in [-0.15, -0.1) is 0 Å².